The van der Waals surface area contributed by atoms with Gasteiger partial charge in [0.2, 0.25) is 5.39 Å². The molecule has 2 nitrogen and oxygen atoms in total. The lowest BCUT2D eigenvalue weighted by Gasteiger charge is -1.89. The van der Waals surface area contributed by atoms with Crippen molar-refractivity contribution in [2.75, 3.05) is 0 Å². The van der Waals surface area contributed by atoms with Gasteiger partial charge in [-0.15, -0.1) is 0 Å². The molecule has 1 rings (SSSR count). The van der Waals surface area contributed by atoms with Gasteiger partial charge in [0.25, 0.3) is 0 Å². The monoisotopic (exact) mass is 242 g/mol. The molecule has 0 fully saturated rings. The lowest BCUT2D eigenvalue weighted by atomic mass is 10.3. The highest BCUT2D eigenvalue weighted by atomic mass is 35.5. The molecule has 64 valence electrons. The Hall–Kier alpha value is -0.200. The van der Waals surface area contributed by atoms with Crippen molar-refractivity contribution in [1.29, 1.82) is 5.39 Å². The van der Waals surface area contributed by atoms with E-state index in [0.717, 1.165) is 0 Å². The number of halogens is 4. The van der Waals surface area contributed by atoms with Crippen LogP contribution in [0.15, 0.2) is 12.1 Å². The zero-order chi connectivity index (χ0) is 8.43. The summed E-state index contributed by atoms with van der Waals surface area (Å²) in [6.07, 6.45) is 0. The standard InChI is InChI=1S/C6H2Cl3N2.ClH/c7-3-1-4(8)6(11-10)5(9)2-3;/h1-2H;1H/q+1;/p-1. The van der Waals surface area contributed by atoms with Crippen molar-refractivity contribution in [3.63, 3.8) is 0 Å². The van der Waals surface area contributed by atoms with Crippen molar-refractivity contribution < 1.29 is 12.4 Å². The Balaban J connectivity index is 0.00000121. The van der Waals surface area contributed by atoms with E-state index in [0.29, 0.717) is 5.02 Å². The fraction of sp³-hybridized carbons (Fsp3) is 0. The number of diazo groups is 1. The third kappa shape index (κ3) is 2.40. The van der Waals surface area contributed by atoms with E-state index in [1.54, 1.807) is 0 Å². The van der Waals surface area contributed by atoms with Gasteiger partial charge in [0.1, 0.15) is 10.0 Å². The van der Waals surface area contributed by atoms with Gasteiger partial charge in [-0.1, -0.05) is 34.8 Å². The van der Waals surface area contributed by atoms with E-state index in [4.69, 9.17) is 40.2 Å². The van der Waals surface area contributed by atoms with Crippen LogP contribution in [0.5, 0.6) is 0 Å². The second kappa shape index (κ2) is 4.74. The minimum atomic E-state index is 0. The highest BCUT2D eigenvalue weighted by Gasteiger charge is 2.18. The predicted octanol–water partition coefficient (Wildman–Crippen LogP) is 1.14. The Labute approximate surface area is 90.5 Å². The zero-order valence-electron chi connectivity index (χ0n) is 5.56. The van der Waals surface area contributed by atoms with Crippen LogP contribution in [0.4, 0.5) is 5.69 Å². The fourth-order valence-electron chi connectivity index (χ4n) is 0.630. The average Bonchev–Trinajstić information content (AvgIpc) is 1.85. The third-order valence-electron chi connectivity index (χ3n) is 1.08. The zero-order valence-corrected chi connectivity index (χ0v) is 8.58. The molecule has 0 aliphatic carbocycles. The summed E-state index contributed by atoms with van der Waals surface area (Å²) in [4.78, 5) is 2.89. The van der Waals surface area contributed by atoms with Crippen molar-refractivity contribution in [1.82, 2.24) is 0 Å². The third-order valence-corrected chi connectivity index (χ3v) is 1.88. The molecule has 0 heterocycles. The number of hydrogen-bond acceptors (Lipinski definition) is 1. The maximum absolute atomic E-state index is 8.40. The van der Waals surface area contributed by atoms with Crippen molar-refractivity contribution >= 4 is 40.5 Å². The Bertz CT molecular complexity index is 308. The molecule has 1 aromatic carbocycles. The first-order valence-electron chi connectivity index (χ1n) is 2.65. The summed E-state index contributed by atoms with van der Waals surface area (Å²) < 4.78 is 0. The van der Waals surface area contributed by atoms with Crippen molar-refractivity contribution in [2.45, 2.75) is 0 Å². The van der Waals surface area contributed by atoms with Gasteiger partial charge in [0.15, 0.2) is 4.98 Å². The van der Waals surface area contributed by atoms with Crippen LogP contribution in [0, 0.1) is 5.39 Å². The van der Waals surface area contributed by atoms with Gasteiger partial charge >= 0.3 is 5.69 Å². The molecule has 0 aliphatic heterocycles. The summed E-state index contributed by atoms with van der Waals surface area (Å²) >= 11 is 16.8. The molecule has 12 heavy (non-hydrogen) atoms. The molecule has 0 radical (unpaired) electrons. The molecular formula is C6H2Cl4N2. The number of rotatable bonds is 0. The molecule has 0 saturated heterocycles. The van der Waals surface area contributed by atoms with Crippen LogP contribution in [-0.2, 0) is 0 Å². The van der Waals surface area contributed by atoms with Crippen molar-refractivity contribution in [3.8, 4) is 0 Å². The molecule has 0 spiro atoms. The summed E-state index contributed by atoms with van der Waals surface area (Å²) in [5, 5.41) is 9.27. The van der Waals surface area contributed by atoms with Crippen LogP contribution in [0.3, 0.4) is 0 Å². The van der Waals surface area contributed by atoms with Gasteiger partial charge in [-0.2, -0.15) is 0 Å². The second-order valence-corrected chi connectivity index (χ2v) is 3.07. The molecule has 0 bridgehead atoms. The molecule has 0 atom stereocenters. The molecule has 1 aromatic rings. The van der Waals surface area contributed by atoms with Gasteiger partial charge in [0.05, 0.1) is 0 Å². The summed E-state index contributed by atoms with van der Waals surface area (Å²) in [7, 11) is 0. The van der Waals surface area contributed by atoms with Gasteiger partial charge in [-0.3, -0.25) is 0 Å². The van der Waals surface area contributed by atoms with Crippen LogP contribution < -0.4 is 12.4 Å². The smallest absolute Gasteiger partial charge is 0.421 e. The Morgan fingerprint density at radius 1 is 1.08 bits per heavy atom. The normalized spacial score (nSPS) is 8.50. The molecule has 0 aromatic heterocycles. The van der Waals surface area contributed by atoms with E-state index in [2.05, 4.69) is 4.98 Å². The topological polar surface area (TPSA) is 28.1 Å². The van der Waals surface area contributed by atoms with E-state index in [9.17, 15) is 0 Å². The SMILES string of the molecule is N#[N+]c1c(Cl)cc(Cl)cc1Cl.[Cl-]. The highest BCUT2D eigenvalue weighted by Crippen LogP contribution is 2.35. The summed E-state index contributed by atoms with van der Waals surface area (Å²) in [5.41, 5.74) is 0.137. The molecule has 6 heteroatoms. The van der Waals surface area contributed by atoms with E-state index in [1.807, 2.05) is 0 Å². The Kier molecular flexibility index (Phi) is 4.66. The van der Waals surface area contributed by atoms with E-state index < -0.39 is 0 Å². The van der Waals surface area contributed by atoms with Crippen LogP contribution in [-0.4, -0.2) is 0 Å². The van der Waals surface area contributed by atoms with Gasteiger partial charge in [0, 0.05) is 5.02 Å². The molecule has 0 unspecified atom stereocenters. The van der Waals surface area contributed by atoms with Crippen LogP contribution >= 0.6 is 34.8 Å². The van der Waals surface area contributed by atoms with Crippen LogP contribution in [0.1, 0.15) is 0 Å². The molecule has 0 aliphatic rings. The predicted molar refractivity (Wildman–Crippen MR) is 46.2 cm³/mol. The van der Waals surface area contributed by atoms with Crippen LogP contribution in [0.25, 0.3) is 4.98 Å². The van der Waals surface area contributed by atoms with E-state index in [-0.39, 0.29) is 28.1 Å². The van der Waals surface area contributed by atoms with Gasteiger partial charge < -0.3 is 12.4 Å². The molecular weight excluding hydrogens is 242 g/mol. The highest BCUT2D eigenvalue weighted by molar-refractivity contribution is 6.41. The Morgan fingerprint density at radius 3 is 1.83 bits per heavy atom. The summed E-state index contributed by atoms with van der Waals surface area (Å²) in [6, 6.07) is 2.90. The van der Waals surface area contributed by atoms with Gasteiger partial charge in [-0.05, 0) is 12.1 Å². The van der Waals surface area contributed by atoms with Crippen molar-refractivity contribution in [3.05, 3.63) is 32.2 Å². The van der Waals surface area contributed by atoms with Crippen LogP contribution in [0.2, 0.25) is 15.1 Å². The fourth-order valence-corrected chi connectivity index (χ4v) is 1.52. The lowest BCUT2D eigenvalue weighted by molar-refractivity contribution is -0.00000217. The summed E-state index contributed by atoms with van der Waals surface area (Å²) in [5.74, 6) is 0. The Morgan fingerprint density at radius 2 is 1.50 bits per heavy atom. The quantitative estimate of drug-likeness (QED) is 0.629. The summed E-state index contributed by atoms with van der Waals surface area (Å²) in [6.45, 7) is 0. The maximum Gasteiger partial charge on any atom is 0.421 e. The number of benzene rings is 1. The first-order valence-corrected chi connectivity index (χ1v) is 3.78. The minimum Gasteiger partial charge on any atom is -1.00 e. The first-order chi connectivity index (χ1) is 5.15. The lowest BCUT2D eigenvalue weighted by Crippen LogP contribution is -3.00. The number of nitrogens with zero attached hydrogens (tertiary/aromatic N) is 2. The van der Waals surface area contributed by atoms with Crippen molar-refractivity contribution in [2.24, 2.45) is 0 Å². The minimum absolute atomic E-state index is 0. The molecule has 0 saturated carbocycles. The van der Waals surface area contributed by atoms with E-state index >= 15 is 0 Å². The number of hydrogen-bond donors (Lipinski definition) is 0. The molecule has 0 amide bonds. The van der Waals surface area contributed by atoms with Gasteiger partial charge in [-0.25, -0.2) is 0 Å². The molecule has 0 N–H and O–H groups in total. The average molecular weight is 244 g/mol. The second-order valence-electron chi connectivity index (χ2n) is 1.82. The first kappa shape index (κ1) is 11.8. The van der Waals surface area contributed by atoms with E-state index in [1.165, 1.54) is 12.1 Å². The largest absolute Gasteiger partial charge is 1.00 e. The maximum atomic E-state index is 8.40.